The van der Waals surface area contributed by atoms with Crippen molar-refractivity contribution in [3.8, 4) is 11.1 Å². The van der Waals surface area contributed by atoms with Crippen LogP contribution in [0.15, 0.2) is 66.9 Å². The first-order chi connectivity index (χ1) is 11.7. The Morgan fingerprint density at radius 3 is 2.54 bits per heavy atom. The quantitative estimate of drug-likeness (QED) is 0.714. The molecule has 1 aromatic heterocycles. The number of methoxy groups -OCH3 is 1. The number of anilines is 3. The summed E-state index contributed by atoms with van der Waals surface area (Å²) in [7, 11) is 1.37. The van der Waals surface area contributed by atoms with Gasteiger partial charge in [-0.3, -0.25) is 0 Å². The van der Waals surface area contributed by atoms with Crippen LogP contribution >= 0.6 is 0 Å². The molecule has 3 aromatic rings. The molecule has 0 bridgehead atoms. The molecule has 0 saturated heterocycles. The summed E-state index contributed by atoms with van der Waals surface area (Å²) >= 11 is 0. The van der Waals surface area contributed by atoms with Gasteiger partial charge in [0.15, 0.2) is 5.82 Å². The minimum absolute atomic E-state index is 0.345. The predicted octanol–water partition coefficient (Wildman–Crippen LogP) is 3.86. The standard InChI is InChI=1S/C19H17N3O2/c1-24-19(23)14-9-7-13(8-10-14)15-4-2-5-16(12-15)22-18-17(20)6-3-11-21-18/h2-12H,20H2,1H3,(H,21,22). The second-order valence-corrected chi connectivity index (χ2v) is 5.22. The Hall–Kier alpha value is -3.34. The Kier molecular flexibility index (Phi) is 4.43. The van der Waals surface area contributed by atoms with Crippen LogP contribution in [0.5, 0.6) is 0 Å². The zero-order chi connectivity index (χ0) is 16.9. The summed E-state index contributed by atoms with van der Waals surface area (Å²) in [5.41, 5.74) is 9.92. The second kappa shape index (κ2) is 6.83. The van der Waals surface area contributed by atoms with Gasteiger partial charge >= 0.3 is 5.97 Å². The lowest BCUT2D eigenvalue weighted by Crippen LogP contribution is -2.00. The van der Waals surface area contributed by atoms with E-state index in [4.69, 9.17) is 10.5 Å². The summed E-state index contributed by atoms with van der Waals surface area (Å²) < 4.78 is 4.71. The van der Waals surface area contributed by atoms with E-state index >= 15 is 0 Å². The van der Waals surface area contributed by atoms with E-state index in [1.807, 2.05) is 36.4 Å². The number of nitrogens with one attached hydrogen (secondary N) is 1. The first-order valence-electron chi connectivity index (χ1n) is 7.44. The highest BCUT2D eigenvalue weighted by atomic mass is 16.5. The lowest BCUT2D eigenvalue weighted by Gasteiger charge is -2.10. The summed E-state index contributed by atoms with van der Waals surface area (Å²) in [5.74, 6) is 0.276. The summed E-state index contributed by atoms with van der Waals surface area (Å²) in [6.07, 6.45) is 1.69. The highest BCUT2D eigenvalue weighted by Gasteiger charge is 2.06. The van der Waals surface area contributed by atoms with Gasteiger partial charge in [-0.05, 0) is 47.5 Å². The molecule has 0 spiro atoms. The Morgan fingerprint density at radius 1 is 1.04 bits per heavy atom. The largest absolute Gasteiger partial charge is 0.465 e. The average Bonchev–Trinajstić information content (AvgIpc) is 2.63. The van der Waals surface area contributed by atoms with E-state index in [1.54, 1.807) is 30.5 Å². The fourth-order valence-corrected chi connectivity index (χ4v) is 2.35. The number of nitrogens with zero attached hydrogens (tertiary/aromatic N) is 1. The van der Waals surface area contributed by atoms with Gasteiger partial charge in [0, 0.05) is 11.9 Å². The van der Waals surface area contributed by atoms with Crippen LogP contribution in [0.3, 0.4) is 0 Å². The smallest absolute Gasteiger partial charge is 0.337 e. The first kappa shape index (κ1) is 15.6. The van der Waals surface area contributed by atoms with Crippen LogP contribution in [0.1, 0.15) is 10.4 Å². The van der Waals surface area contributed by atoms with Gasteiger partial charge in [0.2, 0.25) is 0 Å². The summed E-state index contributed by atoms with van der Waals surface area (Å²) in [6.45, 7) is 0. The van der Waals surface area contributed by atoms with Gasteiger partial charge in [-0.25, -0.2) is 9.78 Å². The number of carbonyl (C=O) groups is 1. The third kappa shape index (κ3) is 3.35. The van der Waals surface area contributed by atoms with Crippen LogP contribution in [0, 0.1) is 0 Å². The summed E-state index contributed by atoms with van der Waals surface area (Å²) in [6, 6.07) is 18.8. The topological polar surface area (TPSA) is 77.2 Å². The molecule has 0 aliphatic carbocycles. The van der Waals surface area contributed by atoms with Crippen molar-refractivity contribution in [1.29, 1.82) is 0 Å². The average molecular weight is 319 g/mol. The zero-order valence-electron chi connectivity index (χ0n) is 13.2. The number of nitrogen functional groups attached to an aromatic ring is 1. The molecule has 0 atom stereocenters. The van der Waals surface area contributed by atoms with Gasteiger partial charge in [-0.15, -0.1) is 0 Å². The third-order valence-electron chi connectivity index (χ3n) is 3.60. The van der Waals surface area contributed by atoms with Crippen LogP contribution < -0.4 is 11.1 Å². The van der Waals surface area contributed by atoms with Crippen molar-refractivity contribution in [3.05, 3.63) is 72.4 Å². The number of ether oxygens (including phenoxy) is 1. The maximum atomic E-state index is 11.5. The molecule has 0 radical (unpaired) electrons. The van der Waals surface area contributed by atoms with Crippen LogP contribution in [-0.2, 0) is 4.74 Å². The third-order valence-corrected chi connectivity index (χ3v) is 3.60. The number of hydrogen-bond donors (Lipinski definition) is 2. The number of nitrogens with two attached hydrogens (primary N) is 1. The van der Waals surface area contributed by atoms with Crippen molar-refractivity contribution < 1.29 is 9.53 Å². The van der Waals surface area contributed by atoms with Crippen molar-refractivity contribution in [3.63, 3.8) is 0 Å². The Morgan fingerprint density at radius 2 is 1.83 bits per heavy atom. The molecule has 0 unspecified atom stereocenters. The van der Waals surface area contributed by atoms with Crippen molar-refractivity contribution in [2.24, 2.45) is 0 Å². The zero-order valence-corrected chi connectivity index (χ0v) is 13.2. The lowest BCUT2D eigenvalue weighted by molar-refractivity contribution is 0.0601. The van der Waals surface area contributed by atoms with Gasteiger partial charge < -0.3 is 15.8 Å². The van der Waals surface area contributed by atoms with Crippen LogP contribution in [0.25, 0.3) is 11.1 Å². The maximum Gasteiger partial charge on any atom is 0.337 e. The highest BCUT2D eigenvalue weighted by molar-refractivity contribution is 5.90. The maximum absolute atomic E-state index is 11.5. The molecule has 0 fully saturated rings. The molecule has 5 heteroatoms. The molecule has 3 rings (SSSR count). The summed E-state index contributed by atoms with van der Waals surface area (Å²) in [4.78, 5) is 15.7. The molecular formula is C19H17N3O2. The van der Waals surface area contributed by atoms with Crippen LogP contribution in [0.4, 0.5) is 17.2 Å². The van der Waals surface area contributed by atoms with Crippen molar-refractivity contribution in [2.45, 2.75) is 0 Å². The lowest BCUT2D eigenvalue weighted by atomic mass is 10.0. The molecule has 0 aliphatic rings. The molecule has 2 aromatic carbocycles. The molecule has 5 nitrogen and oxygen atoms in total. The second-order valence-electron chi connectivity index (χ2n) is 5.22. The van der Waals surface area contributed by atoms with E-state index < -0.39 is 0 Å². The van der Waals surface area contributed by atoms with E-state index in [0.717, 1.165) is 16.8 Å². The number of benzene rings is 2. The molecule has 3 N–H and O–H groups in total. The molecule has 120 valence electrons. The summed E-state index contributed by atoms with van der Waals surface area (Å²) in [5, 5.41) is 3.21. The predicted molar refractivity (Wildman–Crippen MR) is 95.1 cm³/mol. The Labute approximate surface area is 140 Å². The fraction of sp³-hybridized carbons (Fsp3) is 0.0526. The van der Waals surface area contributed by atoms with Gasteiger partial charge in [0.05, 0.1) is 18.4 Å². The number of carbonyl (C=O) groups excluding carboxylic acids is 1. The Balaban J connectivity index is 1.85. The SMILES string of the molecule is COC(=O)c1ccc(-c2cccc(Nc3ncccc3N)c2)cc1. The van der Waals surface area contributed by atoms with E-state index in [0.29, 0.717) is 17.1 Å². The molecular weight excluding hydrogens is 302 g/mol. The minimum atomic E-state index is -0.345. The number of pyridine rings is 1. The number of aromatic nitrogens is 1. The normalized spacial score (nSPS) is 10.2. The fourth-order valence-electron chi connectivity index (χ4n) is 2.35. The molecule has 1 heterocycles. The molecule has 24 heavy (non-hydrogen) atoms. The van der Waals surface area contributed by atoms with E-state index in [1.165, 1.54) is 7.11 Å². The molecule has 0 saturated carbocycles. The van der Waals surface area contributed by atoms with Crippen molar-refractivity contribution in [2.75, 3.05) is 18.2 Å². The van der Waals surface area contributed by atoms with Gasteiger partial charge in [-0.2, -0.15) is 0 Å². The molecule has 0 aliphatic heterocycles. The Bertz CT molecular complexity index is 860. The molecule has 0 amide bonds. The van der Waals surface area contributed by atoms with Gasteiger partial charge in [0.25, 0.3) is 0 Å². The van der Waals surface area contributed by atoms with Gasteiger partial charge in [-0.1, -0.05) is 24.3 Å². The van der Waals surface area contributed by atoms with E-state index in [-0.39, 0.29) is 5.97 Å². The highest BCUT2D eigenvalue weighted by Crippen LogP contribution is 2.26. The van der Waals surface area contributed by atoms with Gasteiger partial charge in [0.1, 0.15) is 0 Å². The van der Waals surface area contributed by atoms with Crippen LogP contribution in [-0.4, -0.2) is 18.1 Å². The van der Waals surface area contributed by atoms with Crippen LogP contribution in [0.2, 0.25) is 0 Å². The van der Waals surface area contributed by atoms with E-state index in [9.17, 15) is 4.79 Å². The monoisotopic (exact) mass is 319 g/mol. The van der Waals surface area contributed by atoms with E-state index in [2.05, 4.69) is 10.3 Å². The van der Waals surface area contributed by atoms with Crippen molar-refractivity contribution >= 4 is 23.2 Å². The number of rotatable bonds is 4. The minimum Gasteiger partial charge on any atom is -0.465 e. The number of esters is 1. The first-order valence-corrected chi connectivity index (χ1v) is 7.44. The number of hydrogen-bond acceptors (Lipinski definition) is 5. The van der Waals surface area contributed by atoms with Crippen molar-refractivity contribution in [1.82, 2.24) is 4.98 Å².